The first-order valence-electron chi connectivity index (χ1n) is 6.36. The van der Waals surface area contributed by atoms with E-state index in [1.165, 1.54) is 25.7 Å². The van der Waals surface area contributed by atoms with Gasteiger partial charge in [0.05, 0.1) is 6.61 Å². The average molecular weight is 214 g/mol. The third kappa shape index (κ3) is 3.16. The van der Waals surface area contributed by atoms with Crippen LogP contribution in [0.3, 0.4) is 0 Å². The highest BCUT2D eigenvalue weighted by molar-refractivity contribution is 4.87. The molecule has 2 unspecified atom stereocenters. The minimum Gasteiger partial charge on any atom is -0.395 e. The van der Waals surface area contributed by atoms with E-state index < -0.39 is 0 Å². The molecule has 0 aromatic carbocycles. The molecule has 0 bridgehead atoms. The lowest BCUT2D eigenvalue weighted by molar-refractivity contribution is 0.0720. The summed E-state index contributed by atoms with van der Waals surface area (Å²) in [6.07, 6.45) is 6.16. The van der Waals surface area contributed by atoms with Crippen LogP contribution in [0.25, 0.3) is 0 Å². The summed E-state index contributed by atoms with van der Waals surface area (Å²) >= 11 is 0. The quantitative estimate of drug-likeness (QED) is 0.701. The molecule has 0 radical (unpaired) electrons. The Kier molecular flexibility index (Phi) is 5.58. The molecule has 0 aliphatic heterocycles. The van der Waals surface area contributed by atoms with E-state index in [1.807, 2.05) is 0 Å². The Balaban J connectivity index is 2.60. The van der Waals surface area contributed by atoms with Crippen LogP contribution in [-0.4, -0.2) is 41.3 Å². The lowest BCUT2D eigenvalue weighted by Crippen LogP contribution is -2.53. The van der Waals surface area contributed by atoms with Gasteiger partial charge in [0.2, 0.25) is 0 Å². The molecule has 3 nitrogen and oxygen atoms in total. The number of aliphatic hydroxyl groups is 1. The second-order valence-corrected chi connectivity index (χ2v) is 4.59. The largest absolute Gasteiger partial charge is 0.395 e. The molecule has 3 N–H and O–H groups in total. The van der Waals surface area contributed by atoms with Gasteiger partial charge >= 0.3 is 0 Å². The highest BCUT2D eigenvalue weighted by Crippen LogP contribution is 2.25. The van der Waals surface area contributed by atoms with E-state index in [9.17, 15) is 5.11 Å². The van der Waals surface area contributed by atoms with Gasteiger partial charge < -0.3 is 10.8 Å². The SMILES string of the molecule is CCC(N)C(CO)N(CC)C1CCCC1. The third-order valence-corrected chi connectivity index (χ3v) is 3.74. The highest BCUT2D eigenvalue weighted by atomic mass is 16.3. The van der Waals surface area contributed by atoms with Gasteiger partial charge in [-0.1, -0.05) is 26.7 Å². The summed E-state index contributed by atoms with van der Waals surface area (Å²) in [5, 5.41) is 9.47. The lowest BCUT2D eigenvalue weighted by atomic mass is 10.0. The van der Waals surface area contributed by atoms with Crippen molar-refractivity contribution in [3.05, 3.63) is 0 Å². The zero-order valence-electron chi connectivity index (χ0n) is 10.2. The van der Waals surface area contributed by atoms with Crippen LogP contribution in [0.2, 0.25) is 0 Å². The van der Waals surface area contributed by atoms with Gasteiger partial charge in [-0.15, -0.1) is 0 Å². The topological polar surface area (TPSA) is 49.5 Å². The number of hydrogen-bond acceptors (Lipinski definition) is 3. The molecule has 0 aromatic rings. The summed E-state index contributed by atoms with van der Waals surface area (Å²) in [7, 11) is 0. The summed E-state index contributed by atoms with van der Waals surface area (Å²) in [4.78, 5) is 2.42. The van der Waals surface area contributed by atoms with E-state index in [0.717, 1.165) is 13.0 Å². The number of nitrogens with zero attached hydrogens (tertiary/aromatic N) is 1. The summed E-state index contributed by atoms with van der Waals surface area (Å²) in [6, 6.07) is 0.920. The normalized spacial score (nSPS) is 22.2. The molecule has 1 saturated carbocycles. The van der Waals surface area contributed by atoms with E-state index in [1.54, 1.807) is 0 Å². The van der Waals surface area contributed by atoms with Gasteiger partial charge in [-0.2, -0.15) is 0 Å². The Morgan fingerprint density at radius 3 is 2.33 bits per heavy atom. The highest BCUT2D eigenvalue weighted by Gasteiger charge is 2.29. The second-order valence-electron chi connectivity index (χ2n) is 4.59. The monoisotopic (exact) mass is 214 g/mol. The van der Waals surface area contributed by atoms with Gasteiger partial charge in [0.25, 0.3) is 0 Å². The van der Waals surface area contributed by atoms with Crippen LogP contribution < -0.4 is 5.73 Å². The smallest absolute Gasteiger partial charge is 0.0602 e. The van der Waals surface area contributed by atoms with Gasteiger partial charge in [-0.05, 0) is 25.8 Å². The number of likely N-dealkylation sites (N-methyl/N-ethyl adjacent to an activating group) is 1. The lowest BCUT2D eigenvalue weighted by Gasteiger charge is -2.37. The molecule has 1 rings (SSSR count). The predicted octanol–water partition coefficient (Wildman–Crippen LogP) is 1.35. The Morgan fingerprint density at radius 2 is 1.93 bits per heavy atom. The molecule has 1 aliphatic carbocycles. The molecule has 1 fully saturated rings. The molecule has 1 aliphatic rings. The Morgan fingerprint density at radius 1 is 1.33 bits per heavy atom. The number of aliphatic hydroxyl groups excluding tert-OH is 1. The van der Waals surface area contributed by atoms with Gasteiger partial charge in [-0.25, -0.2) is 0 Å². The van der Waals surface area contributed by atoms with Crippen molar-refractivity contribution in [3.8, 4) is 0 Å². The average Bonchev–Trinajstić information content (AvgIpc) is 2.77. The van der Waals surface area contributed by atoms with Crippen molar-refractivity contribution in [2.45, 2.75) is 64.1 Å². The molecule has 0 heterocycles. The van der Waals surface area contributed by atoms with Crippen LogP contribution >= 0.6 is 0 Å². The van der Waals surface area contributed by atoms with Crippen LogP contribution in [0.5, 0.6) is 0 Å². The molecule has 3 heteroatoms. The van der Waals surface area contributed by atoms with E-state index in [-0.39, 0.29) is 18.7 Å². The van der Waals surface area contributed by atoms with Crippen molar-refractivity contribution in [1.29, 1.82) is 0 Å². The summed E-state index contributed by atoms with van der Waals surface area (Å²) < 4.78 is 0. The molecular weight excluding hydrogens is 188 g/mol. The van der Waals surface area contributed by atoms with Crippen molar-refractivity contribution in [2.75, 3.05) is 13.2 Å². The van der Waals surface area contributed by atoms with Gasteiger partial charge in [-0.3, -0.25) is 4.90 Å². The molecular formula is C12H26N2O. The first kappa shape index (κ1) is 12.9. The molecule has 15 heavy (non-hydrogen) atoms. The fourth-order valence-corrected chi connectivity index (χ4v) is 2.76. The van der Waals surface area contributed by atoms with Crippen molar-refractivity contribution >= 4 is 0 Å². The fraction of sp³-hybridized carbons (Fsp3) is 1.00. The van der Waals surface area contributed by atoms with E-state index in [4.69, 9.17) is 5.73 Å². The van der Waals surface area contributed by atoms with Crippen LogP contribution in [0.15, 0.2) is 0 Å². The summed E-state index contributed by atoms with van der Waals surface area (Å²) in [5.41, 5.74) is 6.07. The predicted molar refractivity (Wildman–Crippen MR) is 63.8 cm³/mol. The van der Waals surface area contributed by atoms with Gasteiger partial charge in [0, 0.05) is 18.1 Å². The van der Waals surface area contributed by atoms with E-state index in [0.29, 0.717) is 6.04 Å². The van der Waals surface area contributed by atoms with Crippen molar-refractivity contribution in [1.82, 2.24) is 4.90 Å². The maximum absolute atomic E-state index is 9.47. The molecule has 0 amide bonds. The summed E-state index contributed by atoms with van der Waals surface area (Å²) in [6.45, 7) is 5.46. The zero-order valence-corrected chi connectivity index (χ0v) is 10.2. The zero-order chi connectivity index (χ0) is 11.3. The molecule has 0 aromatic heterocycles. The van der Waals surface area contributed by atoms with Crippen molar-refractivity contribution in [2.24, 2.45) is 5.73 Å². The molecule has 90 valence electrons. The first-order chi connectivity index (χ1) is 7.24. The van der Waals surface area contributed by atoms with Crippen LogP contribution in [0.1, 0.15) is 46.0 Å². The maximum Gasteiger partial charge on any atom is 0.0602 e. The summed E-state index contributed by atoms with van der Waals surface area (Å²) in [5.74, 6) is 0. The minimum absolute atomic E-state index is 0.107. The van der Waals surface area contributed by atoms with Crippen LogP contribution in [0, 0.1) is 0 Å². The van der Waals surface area contributed by atoms with Crippen LogP contribution in [0.4, 0.5) is 0 Å². The molecule has 0 saturated heterocycles. The molecule has 0 spiro atoms. The number of hydrogen-bond donors (Lipinski definition) is 2. The number of nitrogens with two attached hydrogens (primary N) is 1. The van der Waals surface area contributed by atoms with Gasteiger partial charge in [0.1, 0.15) is 0 Å². The Labute approximate surface area is 93.6 Å². The van der Waals surface area contributed by atoms with Crippen molar-refractivity contribution < 1.29 is 5.11 Å². The van der Waals surface area contributed by atoms with E-state index in [2.05, 4.69) is 18.7 Å². The molecule has 2 atom stereocenters. The second kappa shape index (κ2) is 6.46. The van der Waals surface area contributed by atoms with Crippen LogP contribution in [-0.2, 0) is 0 Å². The van der Waals surface area contributed by atoms with Crippen molar-refractivity contribution in [3.63, 3.8) is 0 Å². The minimum atomic E-state index is 0.107. The Hall–Kier alpha value is -0.120. The maximum atomic E-state index is 9.47. The Bertz CT molecular complexity index is 169. The third-order valence-electron chi connectivity index (χ3n) is 3.74. The van der Waals surface area contributed by atoms with Gasteiger partial charge in [0.15, 0.2) is 0 Å². The standard InChI is InChI=1S/C12H26N2O/c1-3-11(13)12(9-15)14(4-2)10-7-5-6-8-10/h10-12,15H,3-9,13H2,1-2H3. The number of rotatable bonds is 6. The van der Waals surface area contributed by atoms with E-state index >= 15 is 0 Å². The first-order valence-corrected chi connectivity index (χ1v) is 6.36. The fourth-order valence-electron chi connectivity index (χ4n) is 2.76.